The van der Waals surface area contributed by atoms with Gasteiger partial charge in [0.2, 0.25) is 5.91 Å². The van der Waals surface area contributed by atoms with Gasteiger partial charge in [0.1, 0.15) is 0 Å². The fourth-order valence-electron chi connectivity index (χ4n) is 12.5. The molecule has 7 nitrogen and oxygen atoms in total. The molecule has 8 unspecified atom stereocenters. The van der Waals surface area contributed by atoms with E-state index in [4.69, 9.17) is 9.47 Å². The number of hydrogen-bond acceptors (Lipinski definition) is 7. The summed E-state index contributed by atoms with van der Waals surface area (Å²) in [4.78, 5) is 32.2. The van der Waals surface area contributed by atoms with Crippen molar-refractivity contribution in [1.29, 1.82) is 0 Å². The fourth-order valence-corrected chi connectivity index (χ4v) is 13.5. The first-order chi connectivity index (χ1) is 26.9. The van der Waals surface area contributed by atoms with E-state index in [1.807, 2.05) is 71.6 Å². The summed E-state index contributed by atoms with van der Waals surface area (Å²) < 4.78 is 12.1. The number of ketones is 1. The van der Waals surface area contributed by atoms with E-state index in [1.165, 1.54) is 0 Å². The Balaban J connectivity index is 1.10. The van der Waals surface area contributed by atoms with Gasteiger partial charge in [-0.2, -0.15) is 0 Å². The molecule has 56 heavy (non-hydrogen) atoms. The predicted octanol–water partition coefficient (Wildman–Crippen LogP) is 8.96. The molecule has 4 aromatic rings. The zero-order valence-electron chi connectivity index (χ0n) is 32.9. The molecule has 0 saturated heterocycles. The van der Waals surface area contributed by atoms with E-state index in [2.05, 4.69) is 44.2 Å². The molecule has 6 aliphatic rings. The number of thiophene rings is 1. The molecule has 8 atom stereocenters. The number of Topliss-reactive ketones (excluding diaryl/α,β-unsaturated/α-hetero) is 1. The van der Waals surface area contributed by atoms with Crippen molar-refractivity contribution in [3.8, 4) is 11.5 Å². The predicted molar refractivity (Wildman–Crippen MR) is 220 cm³/mol. The molecule has 3 saturated carbocycles. The monoisotopic (exact) mass is 771 g/mol. The lowest BCUT2D eigenvalue weighted by Gasteiger charge is -2.71. The maximum absolute atomic E-state index is 15.2. The number of nitrogens with zero attached hydrogens (tertiary/aromatic N) is 1. The number of carbonyl (C=O) groups excluding carboxylic acids is 2. The molecule has 2 N–H and O–H groups in total. The summed E-state index contributed by atoms with van der Waals surface area (Å²) in [6.07, 6.45) is 12.0. The van der Waals surface area contributed by atoms with E-state index in [0.717, 1.165) is 63.8 Å². The van der Waals surface area contributed by atoms with Crippen LogP contribution in [0.4, 0.5) is 0 Å². The molecular formula is C48H53NO6S. The number of methoxy groups -OCH3 is 2. The SMILES string of the molecule is COc1ccc(CC(=O)N(Cc2ccccc2)CC2(O)CCC3C45C=CC6(C=C4C(=O)c4cc7ccccc7s4)CC(O)CCC6(C)C5CCC32C)cc1OC. The van der Waals surface area contributed by atoms with E-state index in [-0.39, 0.29) is 41.9 Å². The fraction of sp³-hybridized carbons (Fsp3) is 0.458. The Morgan fingerprint density at radius 3 is 2.30 bits per heavy atom. The Morgan fingerprint density at radius 1 is 0.821 bits per heavy atom. The van der Waals surface area contributed by atoms with E-state index in [0.29, 0.717) is 30.9 Å². The minimum atomic E-state index is -1.19. The van der Waals surface area contributed by atoms with Crippen LogP contribution in [0.2, 0.25) is 0 Å². The van der Waals surface area contributed by atoms with Crippen LogP contribution in [0.5, 0.6) is 11.5 Å². The molecule has 6 aliphatic carbocycles. The lowest BCUT2D eigenvalue weighted by atomic mass is 9.32. The van der Waals surface area contributed by atoms with Crippen molar-refractivity contribution in [3.05, 3.63) is 119 Å². The molecule has 1 aromatic heterocycles. The Labute approximate surface area is 334 Å². The first kappa shape index (κ1) is 37.3. The first-order valence-electron chi connectivity index (χ1n) is 20.3. The standard InChI is InChI=1S/C48H53NO6S/c1-44-19-16-34(50)27-46(44)22-23-48(35(28-46)43(52)39-26-33-12-8-9-13-38(33)56-39)40(44)17-20-45(2)41(48)18-21-47(45,53)30-49(29-31-10-6-5-7-11-31)42(51)25-32-14-15-36(54-3)37(24-32)55-4/h5-15,22-24,26,28,34,40-41,50,53H,16-21,25,27,29-30H2,1-4H3. The van der Waals surface area contributed by atoms with Gasteiger partial charge < -0.3 is 24.6 Å². The van der Waals surface area contributed by atoms with Crippen molar-refractivity contribution in [3.63, 3.8) is 0 Å². The highest BCUT2D eigenvalue weighted by Gasteiger charge is 2.74. The number of ether oxygens (including phenoxy) is 2. The van der Waals surface area contributed by atoms with Gasteiger partial charge in [-0.3, -0.25) is 9.59 Å². The quantitative estimate of drug-likeness (QED) is 0.124. The molecule has 1 heterocycles. The van der Waals surface area contributed by atoms with Crippen LogP contribution in [0.1, 0.15) is 79.6 Å². The molecule has 292 valence electrons. The summed E-state index contributed by atoms with van der Waals surface area (Å²) in [5.41, 5.74) is -0.185. The van der Waals surface area contributed by atoms with Crippen molar-refractivity contribution in [2.24, 2.45) is 33.5 Å². The molecule has 3 aromatic carbocycles. The molecule has 10 rings (SSSR count). The van der Waals surface area contributed by atoms with Gasteiger partial charge in [0.05, 0.1) is 43.8 Å². The lowest BCUT2D eigenvalue weighted by molar-refractivity contribution is -0.178. The minimum Gasteiger partial charge on any atom is -0.493 e. The van der Waals surface area contributed by atoms with Gasteiger partial charge in [0, 0.05) is 33.1 Å². The third-order valence-electron chi connectivity index (χ3n) is 15.4. The minimum absolute atomic E-state index is 0.0129. The van der Waals surface area contributed by atoms with Gasteiger partial charge in [-0.1, -0.05) is 86.7 Å². The van der Waals surface area contributed by atoms with Crippen LogP contribution in [-0.2, 0) is 17.8 Å². The van der Waals surface area contributed by atoms with Crippen molar-refractivity contribution < 1.29 is 29.3 Å². The zero-order valence-corrected chi connectivity index (χ0v) is 33.7. The highest BCUT2D eigenvalue weighted by Crippen LogP contribution is 2.78. The average Bonchev–Trinajstić information content (AvgIpc) is 3.76. The van der Waals surface area contributed by atoms with Crippen molar-refractivity contribution in [2.75, 3.05) is 20.8 Å². The van der Waals surface area contributed by atoms with Gasteiger partial charge in [-0.15, -0.1) is 11.3 Å². The smallest absolute Gasteiger partial charge is 0.227 e. The third kappa shape index (κ3) is 5.42. The van der Waals surface area contributed by atoms with Crippen LogP contribution in [0.15, 0.2) is 103 Å². The van der Waals surface area contributed by atoms with Crippen LogP contribution in [0.3, 0.4) is 0 Å². The number of hydrogen-bond donors (Lipinski definition) is 2. The Hall–Kier alpha value is -4.24. The average molecular weight is 772 g/mol. The number of rotatable bonds is 10. The summed E-state index contributed by atoms with van der Waals surface area (Å²) in [5.74, 6) is 1.37. The topological polar surface area (TPSA) is 96.3 Å². The largest absolute Gasteiger partial charge is 0.493 e. The van der Waals surface area contributed by atoms with E-state index < -0.39 is 27.9 Å². The van der Waals surface area contributed by atoms with Crippen LogP contribution in [0.25, 0.3) is 10.1 Å². The Bertz CT molecular complexity index is 2230. The van der Waals surface area contributed by atoms with Gasteiger partial charge in [0.25, 0.3) is 0 Å². The summed E-state index contributed by atoms with van der Waals surface area (Å²) >= 11 is 1.56. The molecule has 2 spiro atoms. The van der Waals surface area contributed by atoms with Crippen molar-refractivity contribution >= 4 is 33.1 Å². The Morgan fingerprint density at radius 2 is 1.54 bits per heavy atom. The number of benzene rings is 3. The second-order valence-corrected chi connectivity index (χ2v) is 19.0. The van der Waals surface area contributed by atoms with Gasteiger partial charge in [0.15, 0.2) is 17.3 Å². The normalized spacial score (nSPS) is 34.0. The van der Waals surface area contributed by atoms with Gasteiger partial charge in [-0.05, 0) is 103 Å². The van der Waals surface area contributed by atoms with Crippen molar-refractivity contribution in [2.45, 2.75) is 83.5 Å². The molecular weight excluding hydrogens is 719 g/mol. The molecule has 3 fully saturated rings. The highest BCUT2D eigenvalue weighted by atomic mass is 32.1. The number of amides is 1. The van der Waals surface area contributed by atoms with Crippen LogP contribution >= 0.6 is 11.3 Å². The molecule has 8 heteroatoms. The van der Waals surface area contributed by atoms with E-state index in [9.17, 15) is 15.0 Å². The van der Waals surface area contributed by atoms with Crippen molar-refractivity contribution in [1.82, 2.24) is 4.90 Å². The number of fused-ring (bicyclic) bond motifs is 2. The number of carbonyl (C=O) groups is 2. The third-order valence-corrected chi connectivity index (χ3v) is 16.5. The number of aliphatic hydroxyl groups is 2. The Kier molecular flexibility index (Phi) is 8.95. The second-order valence-electron chi connectivity index (χ2n) is 17.9. The summed E-state index contributed by atoms with van der Waals surface area (Å²) in [6, 6.07) is 25.8. The van der Waals surface area contributed by atoms with Gasteiger partial charge in [-0.25, -0.2) is 0 Å². The number of allylic oxidation sites excluding steroid dienone is 4. The summed E-state index contributed by atoms with van der Waals surface area (Å²) in [6.45, 7) is 5.23. The molecule has 2 bridgehead atoms. The molecule has 0 aliphatic heterocycles. The zero-order chi connectivity index (χ0) is 39.1. The lowest BCUT2D eigenvalue weighted by Crippen LogP contribution is -2.67. The van der Waals surface area contributed by atoms with Gasteiger partial charge >= 0.3 is 0 Å². The first-order valence-corrected chi connectivity index (χ1v) is 21.1. The number of aliphatic hydroxyl groups excluding tert-OH is 1. The summed E-state index contributed by atoms with van der Waals surface area (Å²) in [7, 11) is 3.19. The maximum Gasteiger partial charge on any atom is 0.227 e. The second kappa shape index (κ2) is 13.4. The summed E-state index contributed by atoms with van der Waals surface area (Å²) in [5, 5.41) is 25.4. The van der Waals surface area contributed by atoms with E-state index in [1.54, 1.807) is 25.6 Å². The highest BCUT2D eigenvalue weighted by molar-refractivity contribution is 7.21. The van der Waals surface area contributed by atoms with Crippen LogP contribution < -0.4 is 9.47 Å². The molecule has 0 radical (unpaired) electrons. The van der Waals surface area contributed by atoms with E-state index >= 15 is 4.79 Å². The van der Waals surface area contributed by atoms with Crippen LogP contribution in [-0.4, -0.2) is 59.3 Å². The molecule has 1 amide bonds. The van der Waals surface area contributed by atoms with Crippen LogP contribution in [0, 0.1) is 33.5 Å². The maximum atomic E-state index is 15.2.